The van der Waals surface area contributed by atoms with Crippen LogP contribution in [0.3, 0.4) is 0 Å². The van der Waals surface area contributed by atoms with Crippen LogP contribution >= 0.6 is 0 Å². The number of rotatable bonds is 12. The van der Waals surface area contributed by atoms with Crippen molar-refractivity contribution >= 4 is 27.1 Å². The minimum absolute atomic E-state index is 0.162. The predicted octanol–water partition coefficient (Wildman–Crippen LogP) is 5.11. The molecule has 116 valence electrons. The van der Waals surface area contributed by atoms with Gasteiger partial charge in [0.1, 0.15) is 0 Å². The predicted molar refractivity (Wildman–Crippen MR) is 88.2 cm³/mol. The first-order valence-electron chi connectivity index (χ1n) is 8.10. The summed E-state index contributed by atoms with van der Waals surface area (Å²) in [5.41, 5.74) is 0. The van der Waals surface area contributed by atoms with Crippen LogP contribution in [0.1, 0.15) is 78.6 Å². The van der Waals surface area contributed by atoms with Crippen molar-refractivity contribution in [3.8, 4) is 0 Å². The van der Waals surface area contributed by atoms with Crippen molar-refractivity contribution in [1.29, 1.82) is 0 Å². The molecule has 0 aromatic heterocycles. The SMILES string of the molecule is C=[C]([Sn][C](CCCC)(CCCC)CCCC)C(=O)OC. The average molecular weight is 387 g/mol. The van der Waals surface area contributed by atoms with Gasteiger partial charge in [-0.1, -0.05) is 0 Å². The second kappa shape index (κ2) is 11.6. The molecule has 0 heterocycles. The summed E-state index contributed by atoms with van der Waals surface area (Å²) in [6, 6.07) is 0. The quantitative estimate of drug-likeness (QED) is 0.264. The van der Waals surface area contributed by atoms with Crippen molar-refractivity contribution in [2.75, 3.05) is 7.11 Å². The van der Waals surface area contributed by atoms with E-state index in [9.17, 15) is 4.79 Å². The average Bonchev–Trinajstić information content (AvgIpc) is 2.47. The van der Waals surface area contributed by atoms with E-state index in [0.717, 1.165) is 3.59 Å². The van der Waals surface area contributed by atoms with Crippen LogP contribution < -0.4 is 0 Å². The van der Waals surface area contributed by atoms with Crippen molar-refractivity contribution in [2.24, 2.45) is 0 Å². The van der Waals surface area contributed by atoms with Crippen LogP contribution in [-0.4, -0.2) is 34.2 Å². The number of carbonyl (C=O) groups is 1. The third-order valence-electron chi connectivity index (χ3n) is 3.87. The van der Waals surface area contributed by atoms with Gasteiger partial charge in [0.05, 0.1) is 0 Å². The summed E-state index contributed by atoms with van der Waals surface area (Å²) in [7, 11) is 1.47. The van der Waals surface area contributed by atoms with Crippen LogP contribution in [0.5, 0.6) is 0 Å². The second-order valence-corrected chi connectivity index (χ2v) is 11.1. The van der Waals surface area contributed by atoms with Gasteiger partial charge in [-0.25, -0.2) is 0 Å². The number of esters is 1. The van der Waals surface area contributed by atoms with E-state index in [1.807, 2.05) is 0 Å². The molecule has 0 N–H and O–H groups in total. The minimum atomic E-state index is -0.971. The molecule has 0 unspecified atom stereocenters. The van der Waals surface area contributed by atoms with Gasteiger partial charge >= 0.3 is 136 Å². The van der Waals surface area contributed by atoms with Gasteiger partial charge in [-0.05, 0) is 0 Å². The van der Waals surface area contributed by atoms with Gasteiger partial charge in [0.15, 0.2) is 0 Å². The monoisotopic (exact) mass is 388 g/mol. The van der Waals surface area contributed by atoms with Crippen LogP contribution in [0.15, 0.2) is 10.2 Å². The fourth-order valence-electron chi connectivity index (χ4n) is 2.60. The topological polar surface area (TPSA) is 26.3 Å². The van der Waals surface area contributed by atoms with E-state index in [2.05, 4.69) is 27.4 Å². The first kappa shape index (κ1) is 20.0. The zero-order valence-electron chi connectivity index (χ0n) is 13.9. The first-order valence-corrected chi connectivity index (χ1v) is 11.0. The van der Waals surface area contributed by atoms with E-state index >= 15 is 0 Å². The summed E-state index contributed by atoms with van der Waals surface area (Å²) >= 11 is -0.971. The fraction of sp³-hybridized carbons (Fsp3) is 0.824. The molecule has 0 saturated heterocycles. The standard InChI is InChI=1S/C13H27.C4H5O2.Sn/c1-4-7-10-13(11-8-5-2)12-9-6-3;1-3-4(5)6-2;/h4-12H2,1-3H3;1H2,2H3;. The van der Waals surface area contributed by atoms with Gasteiger partial charge in [0.25, 0.3) is 0 Å². The summed E-state index contributed by atoms with van der Waals surface area (Å²) in [6.07, 6.45) is 11.4. The number of ether oxygens (including phenoxy) is 1. The number of hydrogen-bond donors (Lipinski definition) is 0. The molecule has 0 bridgehead atoms. The third-order valence-corrected chi connectivity index (χ3v) is 8.97. The normalized spacial score (nSPS) is 11.4. The van der Waals surface area contributed by atoms with Gasteiger partial charge < -0.3 is 0 Å². The molecular formula is C17H32O2Sn. The Morgan fingerprint density at radius 3 is 1.70 bits per heavy atom. The Labute approximate surface area is 136 Å². The summed E-state index contributed by atoms with van der Waals surface area (Å²) in [4.78, 5) is 11.7. The molecule has 0 fully saturated rings. The Hall–Kier alpha value is 0.00870. The maximum atomic E-state index is 11.7. The van der Waals surface area contributed by atoms with Crippen LogP contribution in [0, 0.1) is 0 Å². The van der Waals surface area contributed by atoms with Crippen molar-refractivity contribution < 1.29 is 9.53 Å². The maximum absolute atomic E-state index is 11.7. The molecule has 0 rings (SSSR count). The molecule has 2 radical (unpaired) electrons. The molecule has 0 aromatic carbocycles. The van der Waals surface area contributed by atoms with E-state index in [1.165, 1.54) is 64.9 Å². The summed E-state index contributed by atoms with van der Waals surface area (Å²) in [6.45, 7) is 10.8. The number of methoxy groups -OCH3 is 1. The molecular weight excluding hydrogens is 355 g/mol. The van der Waals surface area contributed by atoms with Crippen molar-refractivity contribution in [2.45, 2.75) is 82.0 Å². The van der Waals surface area contributed by atoms with Crippen molar-refractivity contribution in [1.82, 2.24) is 0 Å². The number of hydrogen-bond acceptors (Lipinski definition) is 2. The number of unbranched alkanes of at least 4 members (excludes halogenated alkanes) is 3. The van der Waals surface area contributed by atoms with E-state index in [4.69, 9.17) is 4.74 Å². The summed E-state index contributed by atoms with van der Waals surface area (Å²) < 4.78 is 6.12. The summed E-state index contributed by atoms with van der Waals surface area (Å²) in [5, 5.41) is 0. The zero-order valence-corrected chi connectivity index (χ0v) is 16.7. The molecule has 0 aliphatic carbocycles. The first-order chi connectivity index (χ1) is 9.55. The van der Waals surface area contributed by atoms with Crippen LogP contribution in [-0.2, 0) is 9.53 Å². The second-order valence-electron chi connectivity index (χ2n) is 5.69. The molecule has 2 nitrogen and oxygen atoms in total. The van der Waals surface area contributed by atoms with E-state index in [0.29, 0.717) is 3.43 Å². The van der Waals surface area contributed by atoms with Gasteiger partial charge in [0, 0.05) is 0 Å². The molecule has 0 aromatic rings. The number of carbonyl (C=O) groups excluding carboxylic acids is 1. The fourth-order valence-corrected chi connectivity index (χ4v) is 7.60. The van der Waals surface area contributed by atoms with Gasteiger partial charge in [0.2, 0.25) is 0 Å². The summed E-state index contributed by atoms with van der Waals surface area (Å²) in [5.74, 6) is -0.162. The Bertz CT molecular complexity index is 265. The van der Waals surface area contributed by atoms with Crippen LogP contribution in [0.2, 0.25) is 3.43 Å². The molecule has 0 saturated carbocycles. The Kier molecular flexibility index (Phi) is 11.6. The Morgan fingerprint density at radius 1 is 1.00 bits per heavy atom. The Morgan fingerprint density at radius 2 is 1.40 bits per heavy atom. The third kappa shape index (κ3) is 7.70. The van der Waals surface area contributed by atoms with Crippen LogP contribution in [0.4, 0.5) is 0 Å². The van der Waals surface area contributed by atoms with E-state index in [-0.39, 0.29) is 5.97 Å². The molecule has 0 amide bonds. The molecule has 0 spiro atoms. The molecule has 20 heavy (non-hydrogen) atoms. The van der Waals surface area contributed by atoms with E-state index < -0.39 is 21.1 Å². The van der Waals surface area contributed by atoms with Crippen molar-refractivity contribution in [3.63, 3.8) is 0 Å². The van der Waals surface area contributed by atoms with Gasteiger partial charge in [-0.15, -0.1) is 0 Å². The van der Waals surface area contributed by atoms with Crippen LogP contribution in [0.25, 0.3) is 0 Å². The van der Waals surface area contributed by atoms with Gasteiger partial charge in [-0.3, -0.25) is 0 Å². The van der Waals surface area contributed by atoms with Crippen molar-refractivity contribution in [3.05, 3.63) is 10.2 Å². The van der Waals surface area contributed by atoms with E-state index in [1.54, 1.807) is 0 Å². The molecule has 0 aliphatic rings. The van der Waals surface area contributed by atoms with Gasteiger partial charge in [-0.2, -0.15) is 0 Å². The Balaban J connectivity index is 4.91. The molecule has 0 atom stereocenters. The molecule has 3 heteroatoms. The molecule has 0 aliphatic heterocycles. The zero-order chi connectivity index (χ0) is 15.4.